The number of fused-ring (bicyclic) bond motifs is 1. The molecule has 0 aliphatic carbocycles. The lowest BCUT2D eigenvalue weighted by Gasteiger charge is -2.36. The molecule has 2 amide bonds. The molecule has 2 heterocycles. The van der Waals surface area contributed by atoms with E-state index in [9.17, 15) is 14.0 Å². The van der Waals surface area contributed by atoms with Crippen LogP contribution < -0.4 is 16.0 Å². The molecule has 2 aromatic carbocycles. The van der Waals surface area contributed by atoms with E-state index in [0.29, 0.717) is 43.0 Å². The van der Waals surface area contributed by atoms with Gasteiger partial charge >= 0.3 is 0 Å². The number of carbonyl (C=O) groups is 2. The van der Waals surface area contributed by atoms with Crippen LogP contribution in [0.5, 0.6) is 0 Å². The molecule has 2 fully saturated rings. The molecule has 7 heteroatoms. The number of benzene rings is 2. The van der Waals surface area contributed by atoms with Gasteiger partial charge in [-0.1, -0.05) is 18.2 Å². The first-order valence-corrected chi connectivity index (χ1v) is 9.80. The van der Waals surface area contributed by atoms with Crippen LogP contribution in [0.4, 0.5) is 10.1 Å². The minimum Gasteiger partial charge on any atom is -0.381 e. The summed E-state index contributed by atoms with van der Waals surface area (Å²) >= 11 is 0. The van der Waals surface area contributed by atoms with Gasteiger partial charge in [0, 0.05) is 49.0 Å². The van der Waals surface area contributed by atoms with E-state index in [1.54, 1.807) is 42.5 Å². The first kappa shape index (κ1) is 19.5. The molecular weight excluding hydrogens is 373 g/mol. The van der Waals surface area contributed by atoms with Crippen LogP contribution in [0.15, 0.2) is 48.5 Å². The van der Waals surface area contributed by atoms with Crippen LogP contribution >= 0.6 is 0 Å². The molecule has 0 radical (unpaired) electrons. The highest BCUT2D eigenvalue weighted by Gasteiger charge is 2.50. The molecule has 2 atom stereocenters. The lowest BCUT2D eigenvalue weighted by atomic mass is 9.73. The van der Waals surface area contributed by atoms with E-state index in [1.807, 2.05) is 0 Å². The van der Waals surface area contributed by atoms with Crippen molar-refractivity contribution < 1.29 is 18.7 Å². The predicted octanol–water partition coefficient (Wildman–Crippen LogP) is 2.32. The Morgan fingerprint density at radius 1 is 1.17 bits per heavy atom. The molecule has 6 nitrogen and oxygen atoms in total. The Bertz CT molecular complexity index is 902. The maximum Gasteiger partial charge on any atom is 0.251 e. The Labute approximate surface area is 168 Å². The summed E-state index contributed by atoms with van der Waals surface area (Å²) in [7, 11) is 0. The topological polar surface area (TPSA) is 79.5 Å². The van der Waals surface area contributed by atoms with Gasteiger partial charge in [0.1, 0.15) is 5.82 Å². The number of amides is 2. The zero-order chi connectivity index (χ0) is 20.3. The average molecular weight is 397 g/mol. The number of carbonyl (C=O) groups excluding carboxylic acids is 2. The minimum absolute atomic E-state index is 0.00689. The molecule has 2 aromatic rings. The highest BCUT2D eigenvalue weighted by molar-refractivity contribution is 5.98. The van der Waals surface area contributed by atoms with Gasteiger partial charge in [0.25, 0.3) is 5.91 Å². The van der Waals surface area contributed by atoms with Gasteiger partial charge in [0.05, 0.1) is 12.0 Å². The summed E-state index contributed by atoms with van der Waals surface area (Å²) in [6, 6.07) is 13.1. The maximum atomic E-state index is 13.7. The lowest BCUT2D eigenvalue weighted by Crippen LogP contribution is -2.47. The number of anilines is 1. The third kappa shape index (κ3) is 4.02. The molecule has 0 bridgehead atoms. The summed E-state index contributed by atoms with van der Waals surface area (Å²) in [6.45, 7) is 2.75. The van der Waals surface area contributed by atoms with E-state index in [4.69, 9.17) is 4.74 Å². The number of rotatable bonds is 5. The second-order valence-electron chi connectivity index (χ2n) is 7.61. The number of halogens is 1. The fourth-order valence-electron chi connectivity index (χ4n) is 4.06. The van der Waals surface area contributed by atoms with Crippen LogP contribution in [-0.2, 0) is 16.1 Å². The second-order valence-corrected chi connectivity index (χ2v) is 7.61. The molecule has 0 aromatic heterocycles. The first-order valence-electron chi connectivity index (χ1n) is 9.80. The van der Waals surface area contributed by atoms with Gasteiger partial charge in [-0.05, 0) is 36.8 Å². The fraction of sp³-hybridized carbons (Fsp3) is 0.364. The summed E-state index contributed by atoms with van der Waals surface area (Å²) in [5.74, 6) is -0.473. The van der Waals surface area contributed by atoms with E-state index < -0.39 is 5.41 Å². The Morgan fingerprint density at radius 2 is 1.97 bits per heavy atom. The molecule has 2 aliphatic rings. The fourth-order valence-corrected chi connectivity index (χ4v) is 4.06. The van der Waals surface area contributed by atoms with Crippen LogP contribution in [0, 0.1) is 17.2 Å². The number of hydrogen-bond acceptors (Lipinski definition) is 4. The molecular formula is C22H24FN3O3. The van der Waals surface area contributed by atoms with E-state index in [2.05, 4.69) is 16.0 Å². The van der Waals surface area contributed by atoms with E-state index >= 15 is 0 Å². The predicted molar refractivity (Wildman–Crippen MR) is 107 cm³/mol. The Morgan fingerprint density at radius 3 is 2.76 bits per heavy atom. The number of hydrogen-bond donors (Lipinski definition) is 3. The summed E-state index contributed by atoms with van der Waals surface area (Å²) < 4.78 is 19.2. The van der Waals surface area contributed by atoms with Crippen molar-refractivity contribution in [2.24, 2.45) is 11.3 Å². The quantitative estimate of drug-likeness (QED) is 0.724. The molecule has 4 rings (SSSR count). The van der Waals surface area contributed by atoms with Crippen molar-refractivity contribution in [3.63, 3.8) is 0 Å². The molecule has 3 N–H and O–H groups in total. The summed E-state index contributed by atoms with van der Waals surface area (Å²) in [5.41, 5.74) is 1.09. The highest BCUT2D eigenvalue weighted by atomic mass is 19.1. The summed E-state index contributed by atoms with van der Waals surface area (Å²) in [4.78, 5) is 25.3. The van der Waals surface area contributed by atoms with E-state index in [0.717, 1.165) is 6.54 Å². The Hall–Kier alpha value is -2.77. The van der Waals surface area contributed by atoms with Gasteiger partial charge in [-0.15, -0.1) is 0 Å². The monoisotopic (exact) mass is 397 g/mol. The van der Waals surface area contributed by atoms with Crippen molar-refractivity contribution in [1.29, 1.82) is 0 Å². The third-order valence-corrected chi connectivity index (χ3v) is 5.88. The van der Waals surface area contributed by atoms with Crippen molar-refractivity contribution in [2.45, 2.75) is 13.0 Å². The maximum absolute atomic E-state index is 13.7. The van der Waals surface area contributed by atoms with Crippen molar-refractivity contribution in [3.8, 4) is 0 Å². The van der Waals surface area contributed by atoms with Crippen molar-refractivity contribution in [2.75, 3.05) is 31.6 Å². The molecule has 0 unspecified atom stereocenters. The van der Waals surface area contributed by atoms with Crippen LogP contribution in [-0.4, -0.2) is 38.1 Å². The molecule has 152 valence electrons. The molecule has 2 saturated heterocycles. The highest BCUT2D eigenvalue weighted by Crippen LogP contribution is 2.39. The summed E-state index contributed by atoms with van der Waals surface area (Å²) in [6.07, 6.45) is 0.701. The van der Waals surface area contributed by atoms with Gasteiger partial charge in [-0.2, -0.15) is 0 Å². The number of ether oxygens (including phenoxy) is 1. The first-order chi connectivity index (χ1) is 14.1. The van der Waals surface area contributed by atoms with Crippen molar-refractivity contribution >= 4 is 17.5 Å². The smallest absolute Gasteiger partial charge is 0.251 e. The van der Waals surface area contributed by atoms with Crippen molar-refractivity contribution in [3.05, 3.63) is 65.5 Å². The van der Waals surface area contributed by atoms with Gasteiger partial charge in [0.2, 0.25) is 5.91 Å². The SMILES string of the molecule is O=C(NCc1ccccc1F)c1ccc(NC(=O)[C@@]23CCOC[C@@H]2CNC3)cc1. The van der Waals surface area contributed by atoms with Crippen LogP contribution in [0.1, 0.15) is 22.3 Å². The molecule has 2 aliphatic heterocycles. The zero-order valence-corrected chi connectivity index (χ0v) is 16.0. The zero-order valence-electron chi connectivity index (χ0n) is 16.0. The summed E-state index contributed by atoms with van der Waals surface area (Å²) in [5, 5.41) is 9.01. The minimum atomic E-state index is -0.436. The van der Waals surface area contributed by atoms with Crippen LogP contribution in [0.3, 0.4) is 0 Å². The number of nitrogens with one attached hydrogen (secondary N) is 3. The molecule has 29 heavy (non-hydrogen) atoms. The standard InChI is InChI=1S/C22H24FN3O3/c23-19-4-2-1-3-16(19)11-25-20(27)15-5-7-18(8-6-15)26-21(28)22-9-10-29-13-17(22)12-24-14-22/h1-8,17,24H,9-14H2,(H,25,27)(H,26,28)/t17-,22+/m0/s1. The van der Waals surface area contributed by atoms with Crippen LogP contribution in [0.2, 0.25) is 0 Å². The normalized spacial score (nSPS) is 23.3. The molecule has 0 spiro atoms. The molecule has 0 saturated carbocycles. The van der Waals surface area contributed by atoms with Crippen LogP contribution in [0.25, 0.3) is 0 Å². The van der Waals surface area contributed by atoms with E-state index in [-0.39, 0.29) is 30.1 Å². The van der Waals surface area contributed by atoms with E-state index in [1.165, 1.54) is 6.07 Å². The van der Waals surface area contributed by atoms with Crippen molar-refractivity contribution in [1.82, 2.24) is 10.6 Å². The van der Waals surface area contributed by atoms with Gasteiger partial charge < -0.3 is 20.7 Å². The Balaban J connectivity index is 1.37. The Kier molecular flexibility index (Phi) is 5.60. The second kappa shape index (κ2) is 8.31. The lowest BCUT2D eigenvalue weighted by molar-refractivity contribution is -0.133. The van der Waals surface area contributed by atoms with Gasteiger partial charge in [-0.25, -0.2) is 4.39 Å². The van der Waals surface area contributed by atoms with Gasteiger partial charge in [-0.3, -0.25) is 9.59 Å². The van der Waals surface area contributed by atoms with Gasteiger partial charge in [0.15, 0.2) is 0 Å². The average Bonchev–Trinajstić information content (AvgIpc) is 3.19. The third-order valence-electron chi connectivity index (χ3n) is 5.88. The largest absolute Gasteiger partial charge is 0.381 e.